The number of nitrogens with one attached hydrogen (secondary N) is 1. The number of ether oxygens (including phenoxy) is 3. The van der Waals surface area contributed by atoms with Crippen LogP contribution in [0.25, 0.3) is 0 Å². The van der Waals surface area contributed by atoms with E-state index in [1.807, 2.05) is 6.92 Å². The van der Waals surface area contributed by atoms with Gasteiger partial charge in [0.05, 0.1) is 16.5 Å². The average molecular weight is 985 g/mol. The number of fused-ring (bicyclic) bond motifs is 2. The third-order valence-corrected chi connectivity index (χ3v) is 20.1. The minimum Gasteiger partial charge on any atom is -0.458 e. The Kier molecular flexibility index (Phi) is 19.0. The lowest BCUT2D eigenvalue weighted by atomic mass is 10.0. The van der Waals surface area contributed by atoms with E-state index in [-0.39, 0.29) is 48.0 Å². The smallest absolute Gasteiger partial charge is 0.303 e. The van der Waals surface area contributed by atoms with Crippen molar-refractivity contribution in [2.24, 2.45) is 5.14 Å². The zero-order valence-electron chi connectivity index (χ0n) is 33.4. The van der Waals surface area contributed by atoms with Gasteiger partial charge >= 0.3 is 17.9 Å². The standard InChI is InChI=1S/C19H25NO10S3.C10H16N2O4S3.C4H5ClO3/c1-5-20(17(24)9-30-13(4)22)16-6-11(2)33(27,28)19-15(16)7-18(31-19)32(25,26)10-14(23)8-29-12(3)21;1-3-12-8-4-6(2)18(13,14)10-7(8)5-9(17-10)19(11,15)16;1-3(6)8-2-4(5)7/h7,11,16H,5-6,8-10H2,1-4H3;5-6,8,12H,3-4H2,1-2H3,(H2,11,15,16);2H2,1H3/t11-,16-;6-,8-;/m00./s1. The highest BCUT2D eigenvalue weighted by Gasteiger charge is 2.43. The minimum absolute atomic E-state index is 0.0244. The highest BCUT2D eigenvalue weighted by Crippen LogP contribution is 2.46. The van der Waals surface area contributed by atoms with Crippen LogP contribution in [0.2, 0.25) is 0 Å². The molecule has 4 rings (SSSR count). The van der Waals surface area contributed by atoms with Crippen LogP contribution in [0.4, 0.5) is 0 Å². The molecular formula is C33H46ClN3O17S6. The number of rotatable bonds is 14. The molecular weight excluding hydrogens is 938 g/mol. The number of sulfone groups is 3. The second-order valence-electron chi connectivity index (χ2n) is 13.1. The summed E-state index contributed by atoms with van der Waals surface area (Å²) in [5.74, 6) is -4.28. The molecule has 20 nitrogen and oxygen atoms in total. The number of carbonyl (C=O) groups is 6. The Balaban J connectivity index is 0.000000383. The van der Waals surface area contributed by atoms with Crippen LogP contribution in [0.5, 0.6) is 0 Å². The number of ketones is 1. The van der Waals surface area contributed by atoms with Crippen molar-refractivity contribution in [2.45, 2.75) is 101 Å². The number of amides is 1. The lowest BCUT2D eigenvalue weighted by molar-refractivity contribution is -0.151. The summed E-state index contributed by atoms with van der Waals surface area (Å²) >= 11 is 6.07. The number of hydrogen-bond donors (Lipinski definition) is 2. The van der Waals surface area contributed by atoms with Gasteiger partial charge in [0, 0.05) is 44.5 Å². The lowest BCUT2D eigenvalue weighted by Crippen LogP contribution is -2.42. The first kappa shape index (κ1) is 52.8. The Labute approximate surface area is 361 Å². The van der Waals surface area contributed by atoms with Gasteiger partial charge in [-0.3, -0.25) is 28.8 Å². The number of carbonyl (C=O) groups excluding carboxylic acids is 6. The Morgan fingerprint density at radius 3 is 1.72 bits per heavy atom. The Morgan fingerprint density at radius 2 is 1.25 bits per heavy atom. The van der Waals surface area contributed by atoms with Gasteiger partial charge in [0.15, 0.2) is 55.1 Å². The highest BCUT2D eigenvalue weighted by molar-refractivity contribution is 7.97. The van der Waals surface area contributed by atoms with Gasteiger partial charge in [0.1, 0.15) is 22.6 Å². The molecule has 1 amide bonds. The number of sulfonamides is 1. The lowest BCUT2D eigenvalue weighted by Gasteiger charge is -2.35. The quantitative estimate of drug-likeness (QED) is 0.154. The number of thiophene rings is 2. The predicted octanol–water partition coefficient (Wildman–Crippen LogP) is 1.60. The summed E-state index contributed by atoms with van der Waals surface area (Å²) in [5.41, 5.74) is 0.663. The summed E-state index contributed by atoms with van der Waals surface area (Å²) < 4.78 is 112. The number of esters is 3. The van der Waals surface area contributed by atoms with E-state index in [4.69, 9.17) is 21.5 Å². The van der Waals surface area contributed by atoms with Crippen molar-refractivity contribution in [3.63, 3.8) is 0 Å². The Bertz CT molecular complexity index is 2400. The van der Waals surface area contributed by atoms with Crippen LogP contribution in [0, 0.1) is 0 Å². The van der Waals surface area contributed by atoms with Gasteiger partial charge in [0.2, 0.25) is 10.0 Å². The molecule has 27 heteroatoms. The molecule has 0 spiro atoms. The molecule has 0 fully saturated rings. The third kappa shape index (κ3) is 14.1. The fourth-order valence-electron chi connectivity index (χ4n) is 5.68. The summed E-state index contributed by atoms with van der Waals surface area (Å²) in [5, 5.41) is 6.16. The predicted molar refractivity (Wildman–Crippen MR) is 217 cm³/mol. The maximum atomic E-state index is 12.9. The SMILES string of the molecule is CC(=O)OCC(=O)Cl.CCN(C(=O)COC(C)=O)[C@H]1C[C@H](C)S(=O)(=O)c2sc(S(=O)(=O)CC(=O)COC(C)=O)cc21.CCN[C@H]1C[C@H](C)S(=O)(=O)c2sc(S(N)(=O)=O)cc21. The van der Waals surface area contributed by atoms with Crippen LogP contribution < -0.4 is 10.5 Å². The van der Waals surface area contributed by atoms with Gasteiger partial charge in [-0.25, -0.2) is 38.8 Å². The van der Waals surface area contributed by atoms with Crippen LogP contribution in [0.3, 0.4) is 0 Å². The molecule has 4 heterocycles. The van der Waals surface area contributed by atoms with Gasteiger partial charge in [-0.15, -0.1) is 22.7 Å². The van der Waals surface area contributed by atoms with Crippen molar-refractivity contribution in [1.29, 1.82) is 0 Å². The van der Waals surface area contributed by atoms with Crippen molar-refractivity contribution >= 4 is 109 Å². The maximum absolute atomic E-state index is 12.9. The molecule has 0 saturated heterocycles. The van der Waals surface area contributed by atoms with Crippen LogP contribution in [0.1, 0.15) is 84.5 Å². The van der Waals surface area contributed by atoms with Crippen LogP contribution in [0.15, 0.2) is 29.0 Å². The second kappa shape index (κ2) is 21.6. The summed E-state index contributed by atoms with van der Waals surface area (Å²) in [6, 6.07) is 1.64. The van der Waals surface area contributed by atoms with Crippen molar-refractivity contribution in [3.8, 4) is 0 Å². The number of nitrogens with two attached hydrogens (primary N) is 1. The van der Waals surface area contributed by atoms with Crippen LogP contribution >= 0.6 is 34.3 Å². The molecule has 0 unspecified atom stereocenters. The van der Waals surface area contributed by atoms with Gasteiger partial charge in [-0.1, -0.05) is 6.92 Å². The number of likely N-dealkylation sites (N-methyl/N-ethyl adjacent to an activating group) is 1. The third-order valence-electron chi connectivity index (χ3n) is 8.49. The summed E-state index contributed by atoms with van der Waals surface area (Å²) in [4.78, 5) is 67.5. The molecule has 2 aromatic heterocycles. The van der Waals surface area contributed by atoms with Crippen LogP contribution in [-0.2, 0) is 82.5 Å². The molecule has 4 atom stereocenters. The maximum Gasteiger partial charge on any atom is 0.303 e. The van der Waals surface area contributed by atoms with Gasteiger partial charge in [-0.05, 0) is 63.9 Å². The van der Waals surface area contributed by atoms with E-state index >= 15 is 0 Å². The molecule has 0 saturated carbocycles. The fraction of sp³-hybridized carbons (Fsp3) is 0.576. The molecule has 2 aliphatic rings. The molecule has 2 aliphatic heterocycles. The number of nitrogens with zero attached hydrogens (tertiary/aromatic N) is 1. The number of halogens is 1. The number of primary sulfonamides is 1. The molecule has 0 radical (unpaired) electrons. The molecule has 0 bridgehead atoms. The zero-order valence-corrected chi connectivity index (χ0v) is 39.1. The topological polar surface area (TPSA) is 308 Å². The van der Waals surface area contributed by atoms with Crippen molar-refractivity contribution in [2.75, 3.05) is 38.7 Å². The van der Waals surface area contributed by atoms with E-state index in [2.05, 4.69) is 14.8 Å². The summed E-state index contributed by atoms with van der Waals surface area (Å²) in [6.07, 6.45) is 0.459. The van der Waals surface area contributed by atoms with Gasteiger partial charge < -0.3 is 24.4 Å². The molecule has 3 N–H and O–H groups in total. The van der Waals surface area contributed by atoms with Gasteiger partial charge in [-0.2, -0.15) is 0 Å². The number of Topliss-reactive ketones (excluding diaryl/α,β-unsaturated/α-hetero) is 1. The second-order valence-corrected chi connectivity index (χ2v) is 24.8. The zero-order chi connectivity index (χ0) is 46.1. The van der Waals surface area contributed by atoms with Gasteiger partial charge in [0.25, 0.3) is 11.1 Å². The Morgan fingerprint density at radius 1 is 0.783 bits per heavy atom. The largest absolute Gasteiger partial charge is 0.458 e. The first-order valence-corrected chi connectivity index (χ1v) is 25.9. The van der Waals surface area contributed by atoms with E-state index < -0.39 is 110 Å². The monoisotopic (exact) mass is 983 g/mol. The van der Waals surface area contributed by atoms with E-state index in [1.54, 1.807) is 13.8 Å². The normalized spacial score (nSPS) is 19.9. The molecule has 0 aromatic carbocycles. The van der Waals surface area contributed by atoms with E-state index in [9.17, 15) is 62.4 Å². The first-order chi connectivity index (χ1) is 27.5. The minimum atomic E-state index is -4.23. The van der Waals surface area contributed by atoms with Crippen molar-refractivity contribution in [1.82, 2.24) is 10.2 Å². The van der Waals surface area contributed by atoms with Crippen molar-refractivity contribution in [3.05, 3.63) is 23.3 Å². The van der Waals surface area contributed by atoms with Crippen molar-refractivity contribution < 1.29 is 76.6 Å². The fourth-order valence-corrected chi connectivity index (χ4v) is 15.4. The molecule has 0 aliphatic carbocycles. The molecule has 2 aromatic rings. The van der Waals surface area contributed by atoms with E-state index in [0.29, 0.717) is 29.9 Å². The number of hydrogen-bond acceptors (Lipinski definition) is 20. The molecule has 338 valence electrons. The van der Waals surface area contributed by atoms with E-state index in [0.717, 1.165) is 25.2 Å². The van der Waals surface area contributed by atoms with E-state index in [1.165, 1.54) is 30.9 Å². The Hall–Kier alpha value is -3.37. The summed E-state index contributed by atoms with van der Waals surface area (Å²) in [7, 11) is -15.4. The molecule has 60 heavy (non-hydrogen) atoms. The van der Waals surface area contributed by atoms with Crippen LogP contribution in [-0.4, -0.2) is 123 Å². The summed E-state index contributed by atoms with van der Waals surface area (Å²) in [6.45, 7) is 9.37. The first-order valence-electron chi connectivity index (χ1n) is 17.6. The highest BCUT2D eigenvalue weighted by atomic mass is 35.5. The average Bonchev–Trinajstić information content (AvgIpc) is 3.80.